The van der Waals surface area contributed by atoms with Crippen LogP contribution in [-0.2, 0) is 5.41 Å². The number of likely N-dealkylation sites (tertiary alicyclic amines) is 1. The van der Waals surface area contributed by atoms with Crippen LogP contribution in [0.3, 0.4) is 0 Å². The first-order chi connectivity index (χ1) is 14.9. The fraction of sp³-hybridized carbons (Fsp3) is 0.458. The number of rotatable bonds is 5. The molecule has 0 spiro atoms. The summed E-state index contributed by atoms with van der Waals surface area (Å²) >= 11 is 2.26. The van der Waals surface area contributed by atoms with Crippen molar-refractivity contribution in [1.82, 2.24) is 10.2 Å². The smallest absolute Gasteiger partial charge is 0.319 e. The highest BCUT2D eigenvalue weighted by atomic mass is 127. The molecule has 1 aliphatic carbocycles. The van der Waals surface area contributed by atoms with Gasteiger partial charge >= 0.3 is 6.03 Å². The van der Waals surface area contributed by atoms with Crippen LogP contribution in [0.2, 0.25) is 0 Å². The first kappa shape index (κ1) is 22.2. The van der Waals surface area contributed by atoms with Crippen LogP contribution in [0.15, 0.2) is 42.5 Å². The number of amides is 2. The van der Waals surface area contributed by atoms with Gasteiger partial charge in [0, 0.05) is 26.8 Å². The Bertz CT molecular complexity index is 936. The number of carbonyl (C=O) groups is 1. The lowest BCUT2D eigenvalue weighted by Gasteiger charge is -2.45. The predicted molar refractivity (Wildman–Crippen MR) is 131 cm³/mol. The molecule has 3 atom stereocenters. The number of methoxy groups -OCH3 is 2. The molecule has 6 nitrogen and oxygen atoms in total. The van der Waals surface area contributed by atoms with Crippen molar-refractivity contribution >= 4 is 34.3 Å². The third-order valence-corrected chi connectivity index (χ3v) is 7.64. The Morgan fingerprint density at radius 2 is 1.84 bits per heavy atom. The van der Waals surface area contributed by atoms with Gasteiger partial charge in [-0.15, -0.1) is 0 Å². The number of halogens is 1. The average molecular weight is 535 g/mol. The van der Waals surface area contributed by atoms with E-state index in [1.54, 1.807) is 14.2 Å². The minimum atomic E-state index is -0.134. The molecule has 2 aromatic rings. The maximum atomic E-state index is 12.6. The zero-order valence-electron chi connectivity index (χ0n) is 18.3. The van der Waals surface area contributed by atoms with Gasteiger partial charge in [-0.3, -0.25) is 0 Å². The molecule has 3 unspecified atom stereocenters. The first-order valence-electron chi connectivity index (χ1n) is 10.7. The molecule has 1 saturated heterocycles. The van der Waals surface area contributed by atoms with E-state index in [0.717, 1.165) is 53.0 Å². The van der Waals surface area contributed by atoms with Gasteiger partial charge in [-0.2, -0.15) is 0 Å². The number of fused-ring (bicyclic) bond motifs is 1. The molecule has 2 aliphatic rings. The van der Waals surface area contributed by atoms with E-state index in [-0.39, 0.29) is 17.5 Å². The summed E-state index contributed by atoms with van der Waals surface area (Å²) < 4.78 is 12.2. The molecule has 1 heterocycles. The van der Waals surface area contributed by atoms with Crippen molar-refractivity contribution in [2.75, 3.05) is 33.1 Å². The van der Waals surface area contributed by atoms with Crippen LogP contribution in [0.1, 0.15) is 31.2 Å². The minimum absolute atomic E-state index is 0.0824. The Balaban J connectivity index is 1.47. The number of nitrogens with one attached hydrogen (secondary N) is 2. The Hall–Kier alpha value is -2.00. The highest BCUT2D eigenvalue weighted by Gasteiger charge is 2.50. The number of ether oxygens (including phenoxy) is 2. The highest BCUT2D eigenvalue weighted by Crippen LogP contribution is 2.49. The monoisotopic (exact) mass is 535 g/mol. The average Bonchev–Trinajstić information content (AvgIpc) is 3.12. The van der Waals surface area contributed by atoms with E-state index in [4.69, 9.17) is 9.47 Å². The second-order valence-corrected chi connectivity index (χ2v) is 9.79. The highest BCUT2D eigenvalue weighted by molar-refractivity contribution is 14.1. The number of benzene rings is 2. The van der Waals surface area contributed by atoms with Crippen LogP contribution in [0.25, 0.3) is 0 Å². The summed E-state index contributed by atoms with van der Waals surface area (Å²) in [5.74, 6) is 1.54. The van der Waals surface area contributed by atoms with Gasteiger partial charge in [0.25, 0.3) is 0 Å². The number of carbonyl (C=O) groups excluding carboxylic acids is 1. The number of nitrogens with zero attached hydrogens (tertiary/aromatic N) is 1. The Morgan fingerprint density at radius 1 is 1.10 bits per heavy atom. The van der Waals surface area contributed by atoms with Gasteiger partial charge in [-0.1, -0.05) is 6.07 Å². The lowest BCUT2D eigenvalue weighted by molar-refractivity contribution is 0.156. The fourth-order valence-electron chi connectivity index (χ4n) is 5.28. The van der Waals surface area contributed by atoms with Gasteiger partial charge in [0.1, 0.15) is 0 Å². The van der Waals surface area contributed by atoms with Crippen molar-refractivity contribution in [2.24, 2.45) is 0 Å². The lowest BCUT2D eigenvalue weighted by Crippen LogP contribution is -2.52. The number of likely N-dealkylation sites (N-methyl/N-ethyl adjacent to an activating group) is 1. The van der Waals surface area contributed by atoms with Crippen molar-refractivity contribution in [2.45, 2.75) is 43.2 Å². The summed E-state index contributed by atoms with van der Waals surface area (Å²) in [4.78, 5) is 15.0. The Labute approximate surface area is 197 Å². The molecule has 31 heavy (non-hydrogen) atoms. The van der Waals surface area contributed by atoms with E-state index in [1.165, 1.54) is 5.56 Å². The number of hydrogen-bond acceptors (Lipinski definition) is 4. The maximum Gasteiger partial charge on any atom is 0.319 e. The second-order valence-electron chi connectivity index (χ2n) is 8.55. The summed E-state index contributed by atoms with van der Waals surface area (Å²) in [5, 5.41) is 6.16. The molecular weight excluding hydrogens is 505 g/mol. The Morgan fingerprint density at radius 3 is 2.55 bits per heavy atom. The van der Waals surface area contributed by atoms with Gasteiger partial charge in [0.2, 0.25) is 0 Å². The molecule has 4 rings (SSSR count). The van der Waals surface area contributed by atoms with E-state index >= 15 is 0 Å². The summed E-state index contributed by atoms with van der Waals surface area (Å²) in [6.45, 7) is 1.06. The summed E-state index contributed by atoms with van der Waals surface area (Å²) in [6.07, 6.45) is 4.04. The third kappa shape index (κ3) is 4.48. The zero-order valence-corrected chi connectivity index (χ0v) is 20.4. The normalized spacial score (nSPS) is 25.5. The van der Waals surface area contributed by atoms with E-state index in [0.29, 0.717) is 6.04 Å². The van der Waals surface area contributed by atoms with Crippen LogP contribution < -0.4 is 20.1 Å². The van der Waals surface area contributed by atoms with Gasteiger partial charge in [-0.25, -0.2) is 4.79 Å². The predicted octanol–water partition coefficient (Wildman–Crippen LogP) is 4.62. The van der Waals surface area contributed by atoms with Gasteiger partial charge in [-0.05, 0) is 104 Å². The molecule has 2 fully saturated rings. The first-order valence-corrected chi connectivity index (χ1v) is 11.8. The molecule has 0 aromatic heterocycles. The van der Waals surface area contributed by atoms with Crippen LogP contribution in [-0.4, -0.2) is 50.8 Å². The van der Waals surface area contributed by atoms with E-state index in [1.807, 2.05) is 30.3 Å². The van der Waals surface area contributed by atoms with E-state index in [2.05, 4.69) is 57.3 Å². The molecule has 1 aliphatic heterocycles. The van der Waals surface area contributed by atoms with Gasteiger partial charge < -0.3 is 25.0 Å². The zero-order chi connectivity index (χ0) is 22.0. The molecule has 2 aromatic carbocycles. The van der Waals surface area contributed by atoms with Gasteiger partial charge in [0.05, 0.1) is 14.2 Å². The third-order valence-electron chi connectivity index (χ3n) is 6.92. The number of hydrogen-bond donors (Lipinski definition) is 2. The summed E-state index contributed by atoms with van der Waals surface area (Å²) in [5.41, 5.74) is 2.20. The van der Waals surface area contributed by atoms with Gasteiger partial charge in [0.15, 0.2) is 11.5 Å². The van der Waals surface area contributed by atoms with Crippen LogP contribution in [0, 0.1) is 3.57 Å². The largest absolute Gasteiger partial charge is 0.493 e. The Kier molecular flexibility index (Phi) is 6.62. The summed E-state index contributed by atoms with van der Waals surface area (Å²) in [7, 11) is 5.55. The second kappa shape index (κ2) is 9.24. The molecule has 7 heteroatoms. The topological polar surface area (TPSA) is 62.8 Å². The van der Waals surface area contributed by atoms with E-state index < -0.39 is 0 Å². The van der Waals surface area contributed by atoms with Crippen LogP contribution in [0.5, 0.6) is 11.5 Å². The molecule has 0 bridgehead atoms. The maximum absolute atomic E-state index is 12.6. The van der Waals surface area contributed by atoms with Crippen LogP contribution >= 0.6 is 22.6 Å². The SMILES string of the molecule is COc1ccc(C23CCC(NC(=O)Nc4ccc(I)cc4)CC2N(C)CC3)cc1OC. The standard InChI is InChI=1S/C24H30IN3O3/c1-28-13-12-24(16-4-9-20(30-2)21(14-16)31-3)11-10-19(15-22(24)28)27-23(29)26-18-7-5-17(25)6-8-18/h4-9,14,19,22H,10-13,15H2,1-3H3,(H2,26,27,29). The van der Waals surface area contributed by atoms with Crippen molar-refractivity contribution in [1.29, 1.82) is 0 Å². The minimum Gasteiger partial charge on any atom is -0.493 e. The lowest BCUT2D eigenvalue weighted by atomic mass is 9.65. The van der Waals surface area contributed by atoms with Crippen molar-refractivity contribution < 1.29 is 14.3 Å². The molecular formula is C24H30IN3O3. The van der Waals surface area contributed by atoms with Crippen molar-refractivity contribution in [3.05, 3.63) is 51.6 Å². The molecule has 166 valence electrons. The quantitative estimate of drug-likeness (QED) is 0.549. The molecule has 2 N–H and O–H groups in total. The van der Waals surface area contributed by atoms with Crippen molar-refractivity contribution in [3.8, 4) is 11.5 Å². The molecule has 2 amide bonds. The number of anilines is 1. The van der Waals surface area contributed by atoms with Crippen molar-refractivity contribution in [3.63, 3.8) is 0 Å². The fourth-order valence-corrected chi connectivity index (χ4v) is 5.64. The van der Waals surface area contributed by atoms with Crippen LogP contribution in [0.4, 0.5) is 10.5 Å². The number of urea groups is 1. The summed E-state index contributed by atoms with van der Waals surface area (Å²) in [6, 6.07) is 14.6. The molecule has 1 saturated carbocycles. The van der Waals surface area contributed by atoms with E-state index in [9.17, 15) is 4.79 Å². The molecule has 0 radical (unpaired) electrons.